The zero-order valence-electron chi connectivity index (χ0n) is 26.9. The van der Waals surface area contributed by atoms with Gasteiger partial charge in [0.2, 0.25) is 0 Å². The van der Waals surface area contributed by atoms with Crippen molar-refractivity contribution >= 4 is 63.3 Å². The Morgan fingerprint density at radius 3 is 2.26 bits per heavy atom. The Morgan fingerprint density at radius 2 is 1.55 bits per heavy atom. The molecule has 47 heavy (non-hydrogen) atoms. The van der Waals surface area contributed by atoms with Crippen molar-refractivity contribution in [2.24, 2.45) is 0 Å². The molecule has 1 N–H and O–H groups in total. The van der Waals surface area contributed by atoms with Gasteiger partial charge in [-0.05, 0) is 88.8 Å². The van der Waals surface area contributed by atoms with Crippen LogP contribution < -0.4 is 9.64 Å². The molecule has 2 aliphatic rings. The number of amides is 1. The molecule has 0 radical (unpaired) electrons. The molecule has 0 unspecified atom stereocenters. The van der Waals surface area contributed by atoms with Gasteiger partial charge in [-0.1, -0.05) is 106 Å². The maximum atomic E-state index is 12.8. The summed E-state index contributed by atoms with van der Waals surface area (Å²) >= 11 is 6.39. The van der Waals surface area contributed by atoms with Gasteiger partial charge in [-0.3, -0.25) is 14.5 Å². The van der Waals surface area contributed by atoms with Crippen LogP contribution >= 0.6 is 24.0 Å². The van der Waals surface area contributed by atoms with E-state index in [1.807, 2.05) is 36.4 Å². The molecule has 1 heterocycles. The van der Waals surface area contributed by atoms with E-state index in [1.165, 1.54) is 41.5 Å². The number of benzene rings is 4. The average Bonchev–Trinajstić information content (AvgIpc) is 3.46. The number of fused-ring (bicyclic) bond motifs is 3. The second kappa shape index (κ2) is 13.8. The zero-order chi connectivity index (χ0) is 33.1. The third-order valence-electron chi connectivity index (χ3n) is 8.80. The Bertz CT molecular complexity index is 1850. The van der Waals surface area contributed by atoms with E-state index in [9.17, 15) is 9.59 Å². The summed E-state index contributed by atoms with van der Waals surface area (Å²) in [7, 11) is 0. The molecule has 1 aliphatic carbocycles. The van der Waals surface area contributed by atoms with Crippen molar-refractivity contribution in [1.82, 2.24) is 4.90 Å². The molecular weight excluding hydrogens is 625 g/mol. The molecule has 8 heteroatoms. The van der Waals surface area contributed by atoms with Gasteiger partial charge in [0.1, 0.15) is 16.6 Å². The summed E-state index contributed by atoms with van der Waals surface area (Å²) in [5, 5.41) is 9.17. The van der Waals surface area contributed by atoms with E-state index in [0.717, 1.165) is 51.5 Å². The van der Waals surface area contributed by atoms with Gasteiger partial charge in [-0.25, -0.2) is 0 Å². The lowest BCUT2D eigenvalue weighted by Gasteiger charge is -2.28. The normalized spacial score (nSPS) is 15.6. The van der Waals surface area contributed by atoms with Gasteiger partial charge in [0.25, 0.3) is 5.91 Å². The van der Waals surface area contributed by atoms with Crippen molar-refractivity contribution < 1.29 is 19.4 Å². The molecule has 1 fully saturated rings. The maximum Gasteiger partial charge on any atom is 0.323 e. The second-order valence-corrected chi connectivity index (χ2v) is 14.1. The summed E-state index contributed by atoms with van der Waals surface area (Å²) in [5.74, 6) is -0.633. The minimum absolute atomic E-state index is 0.139. The van der Waals surface area contributed by atoms with Crippen molar-refractivity contribution in [3.8, 4) is 16.9 Å². The SMILES string of the molecule is CCCCCCOc1ccc(N(c2ccc(C=C3SC(=S)N(CC(=O)O)C3=O)cc2)c2ccc3c(c2)C(C)(C)c2ccccc2-3)cc1. The smallest absolute Gasteiger partial charge is 0.323 e. The number of anilines is 3. The van der Waals surface area contributed by atoms with Gasteiger partial charge in [0.05, 0.1) is 11.5 Å². The van der Waals surface area contributed by atoms with Crippen molar-refractivity contribution in [3.63, 3.8) is 0 Å². The molecule has 6 nitrogen and oxygen atoms in total. The van der Waals surface area contributed by atoms with E-state index in [0.29, 0.717) is 11.5 Å². The summed E-state index contributed by atoms with van der Waals surface area (Å²) in [5.41, 5.74) is 8.84. The highest BCUT2D eigenvalue weighted by Gasteiger charge is 2.36. The Morgan fingerprint density at radius 1 is 0.894 bits per heavy atom. The lowest BCUT2D eigenvalue weighted by molar-refractivity contribution is -0.140. The van der Waals surface area contributed by atoms with Crippen LogP contribution in [0.15, 0.2) is 95.9 Å². The fourth-order valence-corrected chi connectivity index (χ4v) is 7.59. The van der Waals surface area contributed by atoms with E-state index >= 15 is 0 Å². The molecule has 240 valence electrons. The zero-order valence-corrected chi connectivity index (χ0v) is 28.5. The predicted octanol–water partition coefficient (Wildman–Crippen LogP) is 9.71. The number of aliphatic carboxylic acids is 1. The monoisotopic (exact) mass is 662 g/mol. The molecule has 1 aliphatic heterocycles. The first-order valence-corrected chi connectivity index (χ1v) is 17.2. The lowest BCUT2D eigenvalue weighted by atomic mass is 9.82. The van der Waals surface area contributed by atoms with Crippen LogP contribution in [-0.2, 0) is 15.0 Å². The number of carboxylic acids is 1. The van der Waals surface area contributed by atoms with Gasteiger partial charge in [-0.2, -0.15) is 0 Å². The van der Waals surface area contributed by atoms with Gasteiger partial charge in [0, 0.05) is 22.5 Å². The van der Waals surface area contributed by atoms with Crippen LogP contribution in [0.4, 0.5) is 17.1 Å². The number of hydrogen-bond acceptors (Lipinski definition) is 6. The molecule has 1 saturated heterocycles. The van der Waals surface area contributed by atoms with Crippen molar-refractivity contribution in [3.05, 3.63) is 113 Å². The number of carbonyl (C=O) groups is 2. The molecule has 1 amide bonds. The lowest BCUT2D eigenvalue weighted by Crippen LogP contribution is -2.33. The number of thioether (sulfide) groups is 1. The van der Waals surface area contributed by atoms with Crippen LogP contribution in [0.3, 0.4) is 0 Å². The third-order valence-corrected chi connectivity index (χ3v) is 10.2. The van der Waals surface area contributed by atoms with E-state index in [4.69, 9.17) is 22.1 Å². The Kier molecular flexibility index (Phi) is 9.52. The minimum atomic E-state index is -1.10. The first-order valence-electron chi connectivity index (χ1n) is 16.0. The predicted molar refractivity (Wildman–Crippen MR) is 196 cm³/mol. The highest BCUT2D eigenvalue weighted by Crippen LogP contribution is 2.50. The van der Waals surface area contributed by atoms with E-state index < -0.39 is 12.5 Å². The number of thiocarbonyl (C=S) groups is 1. The molecule has 0 saturated carbocycles. The molecule has 0 bridgehead atoms. The fraction of sp³-hybridized carbons (Fsp3) is 0.256. The Balaban J connectivity index is 1.33. The molecule has 0 atom stereocenters. The Labute approximate surface area is 286 Å². The average molecular weight is 663 g/mol. The number of nitrogens with zero attached hydrogens (tertiary/aromatic N) is 2. The number of rotatable bonds is 12. The maximum absolute atomic E-state index is 12.8. The summed E-state index contributed by atoms with van der Waals surface area (Å²) in [6, 6.07) is 31.6. The Hall–Kier alpha value is -4.40. The van der Waals surface area contributed by atoms with Crippen LogP contribution in [0, 0.1) is 0 Å². The standard InChI is InChI=1S/C39H38N2O4S2/c1-4-5-6-9-22-45-30-19-16-28(17-20-30)41(29-18-21-32-31-10-7-8-11-33(31)39(2,3)34(32)24-29)27-14-12-26(13-15-27)23-35-37(44)40(25-36(42)43)38(46)47-35/h7-8,10-21,23-24H,4-6,9,22,25H2,1-3H3,(H,42,43). The number of carbonyl (C=O) groups excluding carboxylic acids is 1. The minimum Gasteiger partial charge on any atom is -0.494 e. The van der Waals surface area contributed by atoms with Crippen LogP contribution in [0.5, 0.6) is 5.75 Å². The molecule has 0 spiro atoms. The number of hydrogen-bond donors (Lipinski definition) is 1. The molecule has 4 aromatic carbocycles. The fourth-order valence-electron chi connectivity index (χ4n) is 6.33. The first-order chi connectivity index (χ1) is 22.7. The van der Waals surface area contributed by atoms with Gasteiger partial charge in [0.15, 0.2) is 0 Å². The quantitative estimate of drug-likeness (QED) is 0.0920. The summed E-state index contributed by atoms with van der Waals surface area (Å²) in [6.07, 6.45) is 6.41. The van der Waals surface area contributed by atoms with Crippen LogP contribution in [0.25, 0.3) is 17.2 Å². The van der Waals surface area contributed by atoms with E-state index in [-0.39, 0.29) is 15.6 Å². The number of ether oxygens (including phenoxy) is 1. The summed E-state index contributed by atoms with van der Waals surface area (Å²) in [6.45, 7) is 7.04. The highest BCUT2D eigenvalue weighted by atomic mass is 32.2. The van der Waals surface area contributed by atoms with Gasteiger partial charge in [-0.15, -0.1) is 0 Å². The van der Waals surface area contributed by atoms with Crippen LogP contribution in [0.1, 0.15) is 63.1 Å². The van der Waals surface area contributed by atoms with Crippen LogP contribution in [0.2, 0.25) is 0 Å². The summed E-state index contributed by atoms with van der Waals surface area (Å²) < 4.78 is 6.30. The number of unbranched alkanes of at least 4 members (excludes halogenated alkanes) is 3. The second-order valence-electron chi connectivity index (χ2n) is 12.4. The molecule has 0 aromatic heterocycles. The first kappa shape index (κ1) is 32.5. The van der Waals surface area contributed by atoms with Crippen molar-refractivity contribution in [1.29, 1.82) is 0 Å². The summed E-state index contributed by atoms with van der Waals surface area (Å²) in [4.78, 5) is 27.8. The molecular formula is C39H38N2O4S2. The van der Waals surface area contributed by atoms with Crippen molar-refractivity contribution in [2.75, 3.05) is 18.1 Å². The van der Waals surface area contributed by atoms with Gasteiger partial charge >= 0.3 is 5.97 Å². The van der Waals surface area contributed by atoms with Crippen LogP contribution in [-0.4, -0.2) is 39.4 Å². The molecule has 6 rings (SSSR count). The topological polar surface area (TPSA) is 70.1 Å². The third kappa shape index (κ3) is 6.71. The van der Waals surface area contributed by atoms with Gasteiger partial charge < -0.3 is 14.7 Å². The van der Waals surface area contributed by atoms with E-state index in [1.54, 1.807) is 6.08 Å². The van der Waals surface area contributed by atoms with E-state index in [2.05, 4.69) is 80.3 Å². The number of carboxylic acid groups (broad SMARTS) is 1. The largest absolute Gasteiger partial charge is 0.494 e. The van der Waals surface area contributed by atoms with Crippen molar-refractivity contribution in [2.45, 2.75) is 51.9 Å². The molecule has 4 aromatic rings. The highest BCUT2D eigenvalue weighted by molar-refractivity contribution is 8.26.